The molecule has 1 saturated carbocycles. The predicted molar refractivity (Wildman–Crippen MR) is 130 cm³/mol. The van der Waals surface area contributed by atoms with Gasteiger partial charge in [-0.2, -0.15) is 5.10 Å². The fourth-order valence-corrected chi connectivity index (χ4v) is 3.45. The Morgan fingerprint density at radius 3 is 2.67 bits per heavy atom. The van der Waals surface area contributed by atoms with Crippen LogP contribution in [0.3, 0.4) is 0 Å². The number of nitrogens with two attached hydrogens (primary N) is 1. The molecule has 11 heteroatoms. The number of ketones is 1. The van der Waals surface area contributed by atoms with Gasteiger partial charge in [-0.05, 0) is 31.0 Å². The van der Waals surface area contributed by atoms with E-state index in [0.717, 1.165) is 11.0 Å². The Morgan fingerprint density at radius 2 is 2.06 bits per heavy atom. The van der Waals surface area contributed by atoms with Gasteiger partial charge in [0.05, 0.1) is 40.7 Å². The third-order valence-electron chi connectivity index (χ3n) is 5.30. The van der Waals surface area contributed by atoms with E-state index < -0.39 is 37.4 Å². The number of hydrogen-bond acceptors (Lipinski definition) is 7. The summed E-state index contributed by atoms with van der Waals surface area (Å²) in [4.78, 5) is 33.3. The maximum atomic E-state index is 12.9. The molecule has 1 fully saturated rings. The minimum Gasteiger partial charge on any atom is -0.494 e. The number of rotatable bonds is 8. The van der Waals surface area contributed by atoms with Gasteiger partial charge in [0.2, 0.25) is 5.91 Å². The first kappa shape index (κ1) is 18.3. The zero-order valence-electron chi connectivity index (χ0n) is 23.5. The fraction of sp³-hybridized carbons (Fsp3) is 0.318. The fourth-order valence-electron chi connectivity index (χ4n) is 3.45. The van der Waals surface area contributed by atoms with Crippen LogP contribution in [0, 0.1) is 0 Å². The lowest BCUT2D eigenvalue weighted by Gasteiger charge is -2.18. The largest absolute Gasteiger partial charge is 0.494 e. The first-order chi connectivity index (χ1) is 17.2. The Balaban J connectivity index is 0.00000267. The summed E-state index contributed by atoms with van der Waals surface area (Å²) in [5, 5.41) is 7.12. The number of carbonyl (C=O) groups excluding carboxylic acids is 2. The van der Waals surface area contributed by atoms with Crippen LogP contribution >= 0.6 is 24.8 Å². The highest BCUT2D eigenvalue weighted by Crippen LogP contribution is 2.48. The highest BCUT2D eigenvalue weighted by Gasteiger charge is 2.51. The van der Waals surface area contributed by atoms with E-state index in [-0.39, 0.29) is 47.6 Å². The zero-order valence-corrected chi connectivity index (χ0v) is 19.1. The number of para-hydroxylation sites is 1. The van der Waals surface area contributed by atoms with Gasteiger partial charge in [0.25, 0.3) is 0 Å². The van der Waals surface area contributed by atoms with Crippen LogP contribution in [0.2, 0.25) is 0 Å². The van der Waals surface area contributed by atoms with Gasteiger partial charge >= 0.3 is 0 Å². The van der Waals surface area contributed by atoms with Crippen molar-refractivity contribution in [1.29, 1.82) is 0 Å². The highest BCUT2D eigenvalue weighted by molar-refractivity contribution is 6.02. The number of anilines is 2. The van der Waals surface area contributed by atoms with Gasteiger partial charge in [-0.3, -0.25) is 19.3 Å². The molecule has 0 atom stereocenters. The molecule has 33 heavy (non-hydrogen) atoms. The Labute approximate surface area is 212 Å². The minimum atomic E-state index is -2.51. The van der Waals surface area contributed by atoms with E-state index in [4.69, 9.17) is 18.7 Å². The number of aryl methyl sites for hydroxylation is 1. The number of primary amides is 1. The van der Waals surface area contributed by atoms with Crippen LogP contribution in [0.4, 0.5) is 11.4 Å². The average Bonchev–Trinajstić information content (AvgIpc) is 3.46. The Bertz CT molecular complexity index is 1380. The molecule has 3 aromatic rings. The number of halogens is 2. The van der Waals surface area contributed by atoms with Gasteiger partial charge in [-0.25, -0.2) is 4.98 Å². The molecular weight excluding hydrogens is 467 g/mol. The molecule has 0 unspecified atom stereocenters. The van der Waals surface area contributed by atoms with Crippen molar-refractivity contribution in [3.63, 3.8) is 0 Å². The van der Waals surface area contributed by atoms with E-state index >= 15 is 0 Å². The first-order valence-electron chi connectivity index (χ1n) is 12.5. The van der Waals surface area contributed by atoms with Crippen LogP contribution in [-0.4, -0.2) is 38.5 Å². The molecule has 0 saturated heterocycles. The maximum Gasteiger partial charge on any atom is 0.229 e. The van der Waals surface area contributed by atoms with Crippen molar-refractivity contribution < 1.29 is 22.6 Å². The molecule has 0 spiro atoms. The van der Waals surface area contributed by atoms with E-state index in [9.17, 15) is 9.59 Å². The number of pyridine rings is 1. The number of carbonyl (C=O) groups is 2. The SMILES string of the molecule is Cl.Cl.[2H]C([2H])([2H])CC(=O)c1cnc(C2(C(N)=O)CC2)cc1Nc1cccc(-c2ncn(C([2H])([2H])[2H])n2)c1OC. The van der Waals surface area contributed by atoms with Crippen LogP contribution in [0.15, 0.2) is 36.8 Å². The molecule has 0 aliphatic heterocycles. The molecule has 1 aliphatic rings. The second-order valence-corrected chi connectivity index (χ2v) is 7.19. The van der Waals surface area contributed by atoms with Crippen molar-refractivity contribution in [2.45, 2.75) is 31.5 Å². The van der Waals surface area contributed by atoms with Crippen molar-refractivity contribution in [3.8, 4) is 17.1 Å². The van der Waals surface area contributed by atoms with Crippen molar-refractivity contribution in [3.05, 3.63) is 48.0 Å². The van der Waals surface area contributed by atoms with E-state index in [1.54, 1.807) is 18.2 Å². The number of nitrogens with one attached hydrogen (secondary N) is 1. The van der Waals surface area contributed by atoms with Crippen LogP contribution < -0.4 is 15.8 Å². The topological polar surface area (TPSA) is 125 Å². The summed E-state index contributed by atoms with van der Waals surface area (Å²) in [6.45, 7) is -5.01. The molecule has 9 nitrogen and oxygen atoms in total. The number of benzene rings is 1. The van der Waals surface area contributed by atoms with E-state index in [0.29, 0.717) is 29.8 Å². The van der Waals surface area contributed by atoms with Gasteiger partial charge in [-0.1, -0.05) is 12.9 Å². The van der Waals surface area contributed by atoms with E-state index in [2.05, 4.69) is 20.4 Å². The molecule has 0 radical (unpaired) electrons. The predicted octanol–water partition coefficient (Wildman–Crippen LogP) is 3.58. The standard InChI is InChI=1S/C22H24N6O3.2ClH/c1-4-17(29)14-11-24-18(22(8-9-22)21(23)30)10-16(14)26-15-7-5-6-13(19(15)31-3)20-25-12-28(2)27-20;;/h5-7,10-12H,4,8-9H2,1-3H3,(H2,23,30)(H,24,26);2*1H/i1D3,2D3;;. The lowest BCUT2D eigenvalue weighted by Crippen LogP contribution is -2.29. The van der Waals surface area contributed by atoms with Crippen molar-refractivity contribution in [2.75, 3.05) is 12.4 Å². The number of methoxy groups -OCH3 is 1. The number of nitrogens with zero attached hydrogens (tertiary/aromatic N) is 4. The molecule has 4 rings (SSSR count). The second-order valence-electron chi connectivity index (χ2n) is 7.19. The third-order valence-corrected chi connectivity index (χ3v) is 5.30. The Hall–Kier alpha value is -3.17. The van der Waals surface area contributed by atoms with E-state index in [1.807, 2.05) is 0 Å². The zero-order chi connectivity index (χ0) is 27.2. The molecule has 0 bridgehead atoms. The van der Waals surface area contributed by atoms with Crippen LogP contribution in [-0.2, 0) is 17.2 Å². The van der Waals surface area contributed by atoms with Crippen molar-refractivity contribution in [2.24, 2.45) is 12.7 Å². The molecule has 2 aromatic heterocycles. The third kappa shape index (κ3) is 4.79. The quantitative estimate of drug-likeness (QED) is 0.454. The van der Waals surface area contributed by atoms with Gasteiger partial charge in [0.1, 0.15) is 6.33 Å². The molecule has 1 amide bonds. The van der Waals surface area contributed by atoms with Crippen LogP contribution in [0.25, 0.3) is 11.4 Å². The molecule has 3 N–H and O–H groups in total. The normalized spacial score (nSPS) is 16.8. The average molecular weight is 499 g/mol. The minimum absolute atomic E-state index is 0. The molecule has 2 heterocycles. The lowest BCUT2D eigenvalue weighted by molar-refractivity contribution is -0.120. The number of Topliss-reactive ketones (excluding diaryl/α,β-unsaturated/α-hetero) is 1. The first-order valence-corrected chi connectivity index (χ1v) is 9.45. The molecule has 1 aromatic carbocycles. The maximum absolute atomic E-state index is 12.9. The smallest absolute Gasteiger partial charge is 0.229 e. The van der Waals surface area contributed by atoms with Gasteiger partial charge in [0.15, 0.2) is 17.4 Å². The summed E-state index contributed by atoms with van der Waals surface area (Å²) in [6.07, 6.45) is 2.63. The highest BCUT2D eigenvalue weighted by atomic mass is 35.5. The second kappa shape index (κ2) is 10.2. The van der Waals surface area contributed by atoms with Gasteiger partial charge in [-0.15, -0.1) is 24.8 Å². The van der Waals surface area contributed by atoms with Crippen LogP contribution in [0.5, 0.6) is 5.75 Å². The number of hydrogen-bond donors (Lipinski definition) is 2. The van der Waals surface area contributed by atoms with Gasteiger partial charge < -0.3 is 15.8 Å². The number of amides is 1. The summed E-state index contributed by atoms with van der Waals surface area (Å²) in [6, 6.07) is 6.43. The summed E-state index contributed by atoms with van der Waals surface area (Å²) in [7, 11) is 1.40. The molecular formula is C22H26Cl2N6O3. The lowest BCUT2D eigenvalue weighted by atomic mass is 9.98. The van der Waals surface area contributed by atoms with Crippen molar-refractivity contribution in [1.82, 2.24) is 19.7 Å². The summed E-state index contributed by atoms with van der Waals surface area (Å²) in [5.74, 6) is -0.868. The van der Waals surface area contributed by atoms with E-state index in [1.165, 1.54) is 19.4 Å². The summed E-state index contributed by atoms with van der Waals surface area (Å²) in [5.41, 5.74) is 5.96. The molecule has 176 valence electrons. The van der Waals surface area contributed by atoms with Crippen molar-refractivity contribution >= 4 is 47.9 Å². The van der Waals surface area contributed by atoms with Gasteiger partial charge in [0, 0.05) is 27.8 Å². The Kier molecular flexibility index (Phi) is 5.64. The number of aromatic nitrogens is 4. The molecule has 1 aliphatic carbocycles. The monoisotopic (exact) mass is 498 g/mol. The van der Waals surface area contributed by atoms with Crippen LogP contribution in [0.1, 0.15) is 50.4 Å². The summed E-state index contributed by atoms with van der Waals surface area (Å²) >= 11 is 0. The number of ether oxygens (including phenoxy) is 1. The summed E-state index contributed by atoms with van der Waals surface area (Å²) < 4.78 is 51.3. The Morgan fingerprint density at radius 1 is 1.27 bits per heavy atom.